The molecular formula is C10H19F3N2O3. The third-order valence-corrected chi connectivity index (χ3v) is 1.71. The molecule has 2 amide bonds. The molecule has 0 fully saturated rings. The lowest BCUT2D eigenvalue weighted by atomic mass is 10.2. The summed E-state index contributed by atoms with van der Waals surface area (Å²) in [6.07, 6.45) is -5.39. The van der Waals surface area contributed by atoms with Crippen LogP contribution in [0.4, 0.5) is 18.0 Å². The summed E-state index contributed by atoms with van der Waals surface area (Å²) in [4.78, 5) is 10.9. The van der Waals surface area contributed by atoms with Crippen LogP contribution in [-0.2, 0) is 4.74 Å². The first-order chi connectivity index (χ1) is 8.20. The minimum Gasteiger partial charge on any atom is -0.389 e. The summed E-state index contributed by atoms with van der Waals surface area (Å²) in [6.45, 7) is 2.81. The second-order valence-corrected chi connectivity index (χ2v) is 4.26. The zero-order valence-electron chi connectivity index (χ0n) is 10.4. The van der Waals surface area contributed by atoms with Gasteiger partial charge < -0.3 is 20.5 Å². The summed E-state index contributed by atoms with van der Waals surface area (Å²) >= 11 is 0. The zero-order valence-corrected chi connectivity index (χ0v) is 10.4. The van der Waals surface area contributed by atoms with Crippen LogP contribution in [0.2, 0.25) is 0 Å². The van der Waals surface area contributed by atoms with Crippen LogP contribution < -0.4 is 10.6 Å². The van der Waals surface area contributed by atoms with Gasteiger partial charge in [0.25, 0.3) is 0 Å². The van der Waals surface area contributed by atoms with Crippen molar-refractivity contribution in [1.82, 2.24) is 10.6 Å². The van der Waals surface area contributed by atoms with Gasteiger partial charge in [0.1, 0.15) is 6.54 Å². The summed E-state index contributed by atoms with van der Waals surface area (Å²) < 4.78 is 40.3. The number of urea groups is 1. The van der Waals surface area contributed by atoms with E-state index in [-0.39, 0.29) is 13.2 Å². The number of carbonyl (C=O) groups is 1. The first-order valence-electron chi connectivity index (χ1n) is 5.55. The molecule has 0 aliphatic carbocycles. The molecule has 0 aliphatic rings. The number of nitrogens with one attached hydrogen (secondary N) is 2. The van der Waals surface area contributed by atoms with Crippen LogP contribution in [0.3, 0.4) is 0 Å². The Bertz CT molecular complexity index is 247. The van der Waals surface area contributed by atoms with Crippen molar-refractivity contribution in [2.24, 2.45) is 5.92 Å². The molecule has 18 heavy (non-hydrogen) atoms. The molecule has 0 aliphatic heterocycles. The molecule has 5 nitrogen and oxygen atoms in total. The van der Waals surface area contributed by atoms with Crippen molar-refractivity contribution in [2.45, 2.75) is 26.1 Å². The van der Waals surface area contributed by atoms with Crippen molar-refractivity contribution in [3.05, 3.63) is 0 Å². The van der Waals surface area contributed by atoms with Crippen LogP contribution in [0.5, 0.6) is 0 Å². The predicted molar refractivity (Wildman–Crippen MR) is 59.1 cm³/mol. The molecule has 0 aromatic rings. The summed E-state index contributed by atoms with van der Waals surface area (Å²) in [5.41, 5.74) is 0. The second-order valence-electron chi connectivity index (χ2n) is 4.26. The zero-order chi connectivity index (χ0) is 14.2. The first kappa shape index (κ1) is 17.0. The Hall–Kier alpha value is -1.02. The Labute approximate surface area is 104 Å². The number of alkyl halides is 3. The molecule has 108 valence electrons. The number of carbonyl (C=O) groups excluding carboxylic acids is 1. The third kappa shape index (κ3) is 11.5. The van der Waals surface area contributed by atoms with E-state index in [9.17, 15) is 23.1 Å². The Balaban J connectivity index is 3.59. The molecule has 0 heterocycles. The van der Waals surface area contributed by atoms with Gasteiger partial charge in [-0.1, -0.05) is 13.8 Å². The van der Waals surface area contributed by atoms with Gasteiger partial charge in [-0.05, 0) is 5.92 Å². The quantitative estimate of drug-likeness (QED) is 0.644. The topological polar surface area (TPSA) is 70.6 Å². The normalized spacial score (nSPS) is 13.5. The highest BCUT2D eigenvalue weighted by atomic mass is 19.4. The van der Waals surface area contributed by atoms with Gasteiger partial charge in [0.05, 0.1) is 12.7 Å². The molecule has 0 aromatic carbocycles. The van der Waals surface area contributed by atoms with Crippen molar-refractivity contribution < 1.29 is 27.8 Å². The smallest absolute Gasteiger partial charge is 0.389 e. The number of amides is 2. The van der Waals surface area contributed by atoms with Gasteiger partial charge >= 0.3 is 12.2 Å². The number of ether oxygens (including phenoxy) is 1. The van der Waals surface area contributed by atoms with Crippen LogP contribution in [-0.4, -0.2) is 49.7 Å². The van der Waals surface area contributed by atoms with E-state index in [4.69, 9.17) is 4.74 Å². The van der Waals surface area contributed by atoms with E-state index >= 15 is 0 Å². The summed E-state index contributed by atoms with van der Waals surface area (Å²) in [5, 5.41) is 13.1. The molecule has 1 atom stereocenters. The lowest BCUT2D eigenvalue weighted by molar-refractivity contribution is -0.122. The van der Waals surface area contributed by atoms with E-state index in [1.807, 2.05) is 13.8 Å². The lowest BCUT2D eigenvalue weighted by Gasteiger charge is -2.14. The molecule has 0 saturated carbocycles. The van der Waals surface area contributed by atoms with Crippen LogP contribution in [0, 0.1) is 5.92 Å². The standard InChI is InChI=1S/C10H19F3N2O3/c1-7(2)4-18-5-8(16)3-14-9(17)15-6-10(11,12)13/h7-8,16H,3-6H2,1-2H3,(H2,14,15,17). The van der Waals surface area contributed by atoms with Gasteiger partial charge in [-0.25, -0.2) is 4.79 Å². The highest BCUT2D eigenvalue weighted by Crippen LogP contribution is 2.11. The molecule has 0 radical (unpaired) electrons. The average molecular weight is 272 g/mol. The molecular weight excluding hydrogens is 253 g/mol. The molecule has 0 bridgehead atoms. The van der Waals surface area contributed by atoms with Gasteiger partial charge in [0.15, 0.2) is 0 Å². The number of aliphatic hydroxyl groups is 1. The maximum atomic E-state index is 11.7. The molecule has 3 N–H and O–H groups in total. The van der Waals surface area contributed by atoms with E-state index in [2.05, 4.69) is 5.32 Å². The fourth-order valence-corrected chi connectivity index (χ4v) is 0.952. The first-order valence-corrected chi connectivity index (χ1v) is 5.55. The van der Waals surface area contributed by atoms with Gasteiger partial charge in [0, 0.05) is 13.2 Å². The summed E-state index contributed by atoms with van der Waals surface area (Å²) in [7, 11) is 0. The van der Waals surface area contributed by atoms with Crippen LogP contribution >= 0.6 is 0 Å². The summed E-state index contributed by atoms with van der Waals surface area (Å²) in [6, 6.07) is -0.977. The monoisotopic (exact) mass is 272 g/mol. The van der Waals surface area contributed by atoms with E-state index in [1.165, 1.54) is 0 Å². The van der Waals surface area contributed by atoms with Gasteiger partial charge in [0.2, 0.25) is 0 Å². The predicted octanol–water partition coefficient (Wildman–Crippen LogP) is 0.881. The third-order valence-electron chi connectivity index (χ3n) is 1.71. The van der Waals surface area contributed by atoms with Crippen molar-refractivity contribution in [2.75, 3.05) is 26.3 Å². The van der Waals surface area contributed by atoms with E-state index < -0.39 is 24.9 Å². The highest BCUT2D eigenvalue weighted by molar-refractivity contribution is 5.73. The van der Waals surface area contributed by atoms with Crippen molar-refractivity contribution >= 4 is 6.03 Å². The summed E-state index contributed by atoms with van der Waals surface area (Å²) in [5.74, 6) is 0.320. The SMILES string of the molecule is CC(C)COCC(O)CNC(=O)NCC(F)(F)F. The largest absolute Gasteiger partial charge is 0.405 e. The van der Waals surface area contributed by atoms with E-state index in [0.29, 0.717) is 12.5 Å². The maximum absolute atomic E-state index is 11.7. The minimum absolute atomic E-state index is 0.0255. The van der Waals surface area contributed by atoms with Crippen LogP contribution in [0.1, 0.15) is 13.8 Å². The molecule has 1 unspecified atom stereocenters. The number of halogens is 3. The van der Waals surface area contributed by atoms with Gasteiger partial charge in [-0.3, -0.25) is 0 Å². The Morgan fingerprint density at radius 3 is 2.39 bits per heavy atom. The van der Waals surface area contributed by atoms with Gasteiger partial charge in [-0.15, -0.1) is 0 Å². The molecule has 0 spiro atoms. The molecule has 0 saturated heterocycles. The van der Waals surface area contributed by atoms with E-state index in [0.717, 1.165) is 0 Å². The average Bonchev–Trinajstić information content (AvgIpc) is 2.22. The maximum Gasteiger partial charge on any atom is 0.405 e. The lowest BCUT2D eigenvalue weighted by Crippen LogP contribution is -2.44. The van der Waals surface area contributed by atoms with Crippen molar-refractivity contribution in [1.29, 1.82) is 0 Å². The fraction of sp³-hybridized carbons (Fsp3) is 0.900. The second kappa shape index (κ2) is 8.15. The molecule has 0 rings (SSSR count). The number of rotatable bonds is 7. The number of hydrogen-bond acceptors (Lipinski definition) is 3. The van der Waals surface area contributed by atoms with Gasteiger partial charge in [-0.2, -0.15) is 13.2 Å². The number of hydrogen-bond donors (Lipinski definition) is 3. The van der Waals surface area contributed by atoms with Crippen LogP contribution in [0.15, 0.2) is 0 Å². The molecule has 8 heteroatoms. The van der Waals surface area contributed by atoms with Crippen LogP contribution in [0.25, 0.3) is 0 Å². The highest BCUT2D eigenvalue weighted by Gasteiger charge is 2.27. The van der Waals surface area contributed by atoms with Crippen molar-refractivity contribution in [3.8, 4) is 0 Å². The van der Waals surface area contributed by atoms with E-state index in [1.54, 1.807) is 5.32 Å². The molecule has 0 aromatic heterocycles. The Morgan fingerprint density at radius 1 is 1.28 bits per heavy atom. The number of aliphatic hydroxyl groups excluding tert-OH is 1. The van der Waals surface area contributed by atoms with Crippen molar-refractivity contribution in [3.63, 3.8) is 0 Å². The fourth-order valence-electron chi connectivity index (χ4n) is 0.952. The Kier molecular flexibility index (Phi) is 7.69. The minimum atomic E-state index is -4.45. The Morgan fingerprint density at radius 2 is 1.89 bits per heavy atom.